The van der Waals surface area contributed by atoms with Gasteiger partial charge in [-0.15, -0.1) is 0 Å². The third kappa shape index (κ3) is 4.98. The number of rotatable bonds is 4. The first-order valence-corrected chi connectivity index (χ1v) is 21.2. The lowest BCUT2D eigenvalue weighted by molar-refractivity contribution is 0.615. The fourth-order valence-electron chi connectivity index (χ4n) is 10.3. The summed E-state index contributed by atoms with van der Waals surface area (Å²) in [5.41, 5.74) is 16.5. The molecule has 0 atom stereocenters. The normalized spacial score (nSPS) is 14.4. The Morgan fingerprint density at radius 1 is 0.371 bits per heavy atom. The molecule has 294 valence electrons. The van der Waals surface area contributed by atoms with E-state index in [0.717, 1.165) is 66.1 Å². The number of hydrogen-bond acceptors (Lipinski definition) is 6. The minimum Gasteiger partial charge on any atom is -0.455 e. The van der Waals surface area contributed by atoms with E-state index >= 15 is 0 Å². The van der Waals surface area contributed by atoms with Crippen LogP contribution < -0.4 is 0 Å². The van der Waals surface area contributed by atoms with Gasteiger partial charge in [-0.05, 0) is 97.7 Å². The molecular formula is C56H38N4O2. The van der Waals surface area contributed by atoms with Crippen molar-refractivity contribution in [3.05, 3.63) is 180 Å². The number of oxazole rings is 1. The third-order valence-corrected chi connectivity index (χ3v) is 13.6. The fourth-order valence-corrected chi connectivity index (χ4v) is 10.3. The summed E-state index contributed by atoms with van der Waals surface area (Å²) >= 11 is 0. The Hall–Kier alpha value is -7.70. The van der Waals surface area contributed by atoms with Crippen molar-refractivity contribution in [2.24, 2.45) is 0 Å². The van der Waals surface area contributed by atoms with Crippen molar-refractivity contribution < 1.29 is 8.83 Å². The average Bonchev–Trinajstić information content (AvgIpc) is 4.02. The van der Waals surface area contributed by atoms with Crippen LogP contribution in [0.4, 0.5) is 0 Å². The van der Waals surface area contributed by atoms with Gasteiger partial charge in [0.25, 0.3) is 0 Å². The highest BCUT2D eigenvalue weighted by atomic mass is 16.4. The molecule has 3 heterocycles. The summed E-state index contributed by atoms with van der Waals surface area (Å²) in [5, 5.41) is 4.20. The van der Waals surface area contributed by atoms with Gasteiger partial charge >= 0.3 is 0 Å². The number of furan rings is 1. The summed E-state index contributed by atoms with van der Waals surface area (Å²) in [6.07, 6.45) is 0. The van der Waals surface area contributed by atoms with Crippen LogP contribution in [0.3, 0.4) is 0 Å². The SMILES string of the molecule is CC1(C)c2ccccc2-c2ccc(-c3nc(-c4ccc5c(c4)C(C)(C)c4ccccc4-5)nc(-c4ccc5c(c4)oc4c(-c6nc7cc8ccccc8cc7o6)cccc45)n3)cc21. The van der Waals surface area contributed by atoms with Crippen molar-refractivity contribution in [1.82, 2.24) is 19.9 Å². The molecule has 13 rings (SSSR count). The quantitative estimate of drug-likeness (QED) is 0.176. The maximum atomic E-state index is 6.74. The van der Waals surface area contributed by atoms with Gasteiger partial charge in [-0.25, -0.2) is 19.9 Å². The van der Waals surface area contributed by atoms with Crippen LogP contribution in [0.15, 0.2) is 167 Å². The number of para-hydroxylation sites is 1. The van der Waals surface area contributed by atoms with E-state index in [0.29, 0.717) is 23.4 Å². The topological polar surface area (TPSA) is 77.8 Å². The monoisotopic (exact) mass is 798 g/mol. The highest BCUT2D eigenvalue weighted by Crippen LogP contribution is 2.51. The number of hydrogen-bond donors (Lipinski definition) is 0. The summed E-state index contributed by atoms with van der Waals surface area (Å²) in [6.45, 7) is 9.21. The largest absolute Gasteiger partial charge is 0.455 e. The molecular weight excluding hydrogens is 761 g/mol. The molecule has 2 aliphatic carbocycles. The Morgan fingerprint density at radius 2 is 0.887 bits per heavy atom. The maximum Gasteiger partial charge on any atom is 0.231 e. The molecule has 0 spiro atoms. The van der Waals surface area contributed by atoms with Crippen molar-refractivity contribution in [3.63, 3.8) is 0 Å². The van der Waals surface area contributed by atoms with Crippen LogP contribution in [0.1, 0.15) is 49.9 Å². The van der Waals surface area contributed by atoms with E-state index in [1.54, 1.807) is 0 Å². The molecule has 62 heavy (non-hydrogen) atoms. The van der Waals surface area contributed by atoms with Gasteiger partial charge in [0.05, 0.1) is 5.56 Å². The van der Waals surface area contributed by atoms with Gasteiger partial charge in [-0.2, -0.15) is 0 Å². The van der Waals surface area contributed by atoms with E-state index in [9.17, 15) is 0 Å². The second-order valence-electron chi connectivity index (χ2n) is 17.8. The summed E-state index contributed by atoms with van der Waals surface area (Å²) in [7, 11) is 0. The van der Waals surface area contributed by atoms with Crippen LogP contribution in [0, 0.1) is 0 Å². The third-order valence-electron chi connectivity index (χ3n) is 13.6. The van der Waals surface area contributed by atoms with Gasteiger partial charge < -0.3 is 8.83 Å². The zero-order valence-electron chi connectivity index (χ0n) is 34.6. The molecule has 0 saturated heterocycles. The molecule has 3 aromatic heterocycles. The molecule has 0 unspecified atom stereocenters. The second kappa shape index (κ2) is 12.4. The van der Waals surface area contributed by atoms with Crippen LogP contribution in [0.5, 0.6) is 0 Å². The van der Waals surface area contributed by atoms with Gasteiger partial charge in [-0.3, -0.25) is 0 Å². The zero-order valence-corrected chi connectivity index (χ0v) is 34.6. The van der Waals surface area contributed by atoms with Crippen LogP contribution in [-0.2, 0) is 10.8 Å². The minimum atomic E-state index is -0.168. The Kier molecular flexibility index (Phi) is 7.04. The predicted molar refractivity (Wildman–Crippen MR) is 249 cm³/mol. The van der Waals surface area contributed by atoms with E-state index in [1.807, 2.05) is 30.3 Å². The fraction of sp³-hybridized carbons (Fsp3) is 0.107. The van der Waals surface area contributed by atoms with Crippen molar-refractivity contribution in [2.75, 3.05) is 0 Å². The summed E-state index contributed by atoms with van der Waals surface area (Å²) < 4.78 is 13.1. The van der Waals surface area contributed by atoms with Crippen LogP contribution in [-0.4, -0.2) is 19.9 Å². The van der Waals surface area contributed by atoms with Gasteiger partial charge in [-0.1, -0.05) is 143 Å². The molecule has 2 aliphatic rings. The number of fused-ring (bicyclic) bond motifs is 11. The molecule has 0 amide bonds. The van der Waals surface area contributed by atoms with Crippen molar-refractivity contribution >= 4 is 43.8 Å². The summed E-state index contributed by atoms with van der Waals surface area (Å²) in [4.78, 5) is 20.7. The molecule has 6 heteroatoms. The van der Waals surface area contributed by atoms with Crippen LogP contribution >= 0.6 is 0 Å². The average molecular weight is 799 g/mol. The predicted octanol–water partition coefficient (Wildman–Crippen LogP) is 14.3. The van der Waals surface area contributed by atoms with E-state index in [1.165, 1.54) is 44.5 Å². The number of aromatic nitrogens is 4. The molecule has 0 bridgehead atoms. The Morgan fingerprint density at radius 3 is 1.52 bits per heavy atom. The van der Waals surface area contributed by atoms with E-state index in [2.05, 4.69) is 155 Å². The van der Waals surface area contributed by atoms with E-state index < -0.39 is 0 Å². The number of nitrogens with zero attached hydrogens (tertiary/aromatic N) is 4. The first-order valence-electron chi connectivity index (χ1n) is 21.2. The number of benzene rings is 8. The van der Waals surface area contributed by atoms with Gasteiger partial charge in [0.2, 0.25) is 5.89 Å². The van der Waals surface area contributed by atoms with Crippen molar-refractivity contribution in [2.45, 2.75) is 38.5 Å². The minimum absolute atomic E-state index is 0.168. The van der Waals surface area contributed by atoms with E-state index in [-0.39, 0.29) is 10.8 Å². The molecule has 11 aromatic rings. The highest BCUT2D eigenvalue weighted by Gasteiger charge is 2.37. The molecule has 6 nitrogen and oxygen atoms in total. The molecule has 0 radical (unpaired) electrons. The van der Waals surface area contributed by atoms with Gasteiger partial charge in [0.15, 0.2) is 23.1 Å². The van der Waals surface area contributed by atoms with Gasteiger partial charge in [0.1, 0.15) is 16.7 Å². The smallest absolute Gasteiger partial charge is 0.231 e. The van der Waals surface area contributed by atoms with Crippen LogP contribution in [0.25, 0.3) is 112 Å². The van der Waals surface area contributed by atoms with Crippen molar-refractivity contribution in [3.8, 4) is 67.9 Å². The Balaban J connectivity index is 0.966. The Labute approximate surface area is 357 Å². The molecule has 8 aromatic carbocycles. The maximum absolute atomic E-state index is 6.74. The first kappa shape index (κ1) is 35.1. The van der Waals surface area contributed by atoms with E-state index in [4.69, 9.17) is 28.8 Å². The molecule has 0 aliphatic heterocycles. The summed E-state index contributed by atoms with van der Waals surface area (Å²) in [6, 6.07) is 55.5. The van der Waals surface area contributed by atoms with Crippen molar-refractivity contribution in [1.29, 1.82) is 0 Å². The molecule has 0 saturated carbocycles. The molecule has 0 fully saturated rings. The standard InChI is InChI=1S/C56H38N4O2/c1-55(2)43-18-9-7-14-36(43)38-23-20-33(26-45(38)55)51-58-52(34-21-24-39-37-15-8-10-19-44(37)56(3,4)46(39)27-34)60-53(59-51)35-22-25-40-41-16-11-17-42(50(41)61-48(40)30-35)54-57-47-28-31-12-5-6-13-32(31)29-49(47)62-54/h5-30H,1-4H3. The molecule has 0 N–H and O–H groups in total. The zero-order chi connectivity index (χ0) is 41.5. The lowest BCUT2D eigenvalue weighted by Gasteiger charge is -2.22. The van der Waals surface area contributed by atoms with Crippen LogP contribution in [0.2, 0.25) is 0 Å². The highest BCUT2D eigenvalue weighted by molar-refractivity contribution is 6.10. The first-order chi connectivity index (χ1) is 30.2. The van der Waals surface area contributed by atoms with Gasteiger partial charge in [0, 0.05) is 38.3 Å². The lowest BCUT2D eigenvalue weighted by Crippen LogP contribution is -2.15. The Bertz CT molecular complexity index is 3540. The second-order valence-corrected chi connectivity index (χ2v) is 17.8. The lowest BCUT2D eigenvalue weighted by atomic mass is 9.82. The summed E-state index contributed by atoms with van der Waals surface area (Å²) in [5.74, 6) is 2.34.